The highest BCUT2D eigenvalue weighted by Gasteiger charge is 2.16. The summed E-state index contributed by atoms with van der Waals surface area (Å²) in [6.07, 6.45) is 2.41. The maximum Gasteiger partial charge on any atom is 0.195 e. The second-order valence-electron chi connectivity index (χ2n) is 4.91. The first kappa shape index (κ1) is 15.3. The first-order valence-corrected chi connectivity index (χ1v) is 6.38. The molecule has 0 amide bonds. The summed E-state index contributed by atoms with van der Waals surface area (Å²) in [6.45, 7) is 6.38. The number of nitrogens with zero attached hydrogens (tertiary/aromatic N) is 1. The van der Waals surface area contributed by atoms with Crippen LogP contribution in [-0.2, 0) is 0 Å². The van der Waals surface area contributed by atoms with E-state index in [1.165, 1.54) is 18.4 Å². The molecule has 18 heavy (non-hydrogen) atoms. The van der Waals surface area contributed by atoms with Crippen molar-refractivity contribution in [1.82, 2.24) is 4.90 Å². The summed E-state index contributed by atoms with van der Waals surface area (Å²) in [7, 11) is 0. The van der Waals surface area contributed by atoms with E-state index >= 15 is 0 Å². The van der Waals surface area contributed by atoms with Crippen LogP contribution >= 0.6 is 24.0 Å². The minimum atomic E-state index is 0. The zero-order chi connectivity index (χ0) is 12.3. The molecule has 4 heteroatoms. The van der Waals surface area contributed by atoms with Gasteiger partial charge in [-0.2, -0.15) is 0 Å². The molecule has 0 bridgehead atoms. The molecule has 0 aliphatic carbocycles. The van der Waals surface area contributed by atoms with Gasteiger partial charge in [-0.25, -0.2) is 0 Å². The number of hydrogen-bond acceptors (Lipinski definition) is 1. The number of hydrogen-bond donors (Lipinski definition) is 2. The van der Waals surface area contributed by atoms with Gasteiger partial charge in [0.1, 0.15) is 0 Å². The molecule has 1 saturated heterocycles. The van der Waals surface area contributed by atoms with Crippen molar-refractivity contribution in [3.8, 4) is 0 Å². The SMILES string of the molecule is CC(C)c1ccccc1NC(=N)N1CCCC1.I. The number of nitrogens with one attached hydrogen (secondary N) is 2. The Hall–Kier alpha value is -0.780. The average molecular weight is 359 g/mol. The molecule has 0 atom stereocenters. The lowest BCUT2D eigenvalue weighted by atomic mass is 10.0. The highest BCUT2D eigenvalue weighted by molar-refractivity contribution is 14.0. The molecular weight excluding hydrogens is 337 g/mol. The molecule has 0 saturated carbocycles. The number of guanidine groups is 1. The second kappa shape index (κ2) is 6.97. The fourth-order valence-electron chi connectivity index (χ4n) is 2.26. The minimum absolute atomic E-state index is 0. The van der Waals surface area contributed by atoms with Crippen molar-refractivity contribution in [2.75, 3.05) is 18.4 Å². The Kier molecular flexibility index (Phi) is 5.91. The van der Waals surface area contributed by atoms with Gasteiger partial charge in [-0.3, -0.25) is 5.41 Å². The summed E-state index contributed by atoms with van der Waals surface area (Å²) < 4.78 is 0. The van der Waals surface area contributed by atoms with Gasteiger partial charge in [-0.05, 0) is 30.4 Å². The largest absolute Gasteiger partial charge is 0.343 e. The number of benzene rings is 1. The van der Waals surface area contributed by atoms with Crippen molar-refractivity contribution in [1.29, 1.82) is 5.41 Å². The third kappa shape index (κ3) is 3.60. The number of anilines is 1. The fourth-order valence-corrected chi connectivity index (χ4v) is 2.26. The Balaban J connectivity index is 0.00000162. The molecule has 1 fully saturated rings. The van der Waals surface area contributed by atoms with Crippen LogP contribution in [0.2, 0.25) is 0 Å². The predicted molar refractivity (Wildman–Crippen MR) is 88.1 cm³/mol. The van der Waals surface area contributed by atoms with Crippen LogP contribution in [-0.4, -0.2) is 23.9 Å². The molecule has 1 heterocycles. The van der Waals surface area contributed by atoms with Crippen molar-refractivity contribution in [2.45, 2.75) is 32.6 Å². The monoisotopic (exact) mass is 359 g/mol. The standard InChI is InChI=1S/C14H21N3.HI/c1-11(2)12-7-3-4-8-13(12)16-14(15)17-9-5-6-10-17;/h3-4,7-8,11H,5-6,9-10H2,1-2H3,(H2,15,16);1H. The first-order chi connectivity index (χ1) is 8.18. The number of rotatable bonds is 2. The molecular formula is C14H22IN3. The van der Waals surface area contributed by atoms with E-state index in [1.807, 2.05) is 6.07 Å². The summed E-state index contributed by atoms with van der Waals surface area (Å²) in [5.41, 5.74) is 2.34. The average Bonchev–Trinajstić information content (AvgIpc) is 2.83. The van der Waals surface area contributed by atoms with Crippen LogP contribution in [0.4, 0.5) is 5.69 Å². The van der Waals surface area contributed by atoms with Gasteiger partial charge in [0.05, 0.1) is 0 Å². The molecule has 1 aliphatic heterocycles. The predicted octanol–water partition coefficient (Wildman–Crippen LogP) is 3.87. The molecule has 0 aromatic heterocycles. The minimum Gasteiger partial charge on any atom is -0.343 e. The van der Waals surface area contributed by atoms with E-state index in [4.69, 9.17) is 5.41 Å². The van der Waals surface area contributed by atoms with Crippen LogP contribution in [0.15, 0.2) is 24.3 Å². The van der Waals surface area contributed by atoms with E-state index in [2.05, 4.69) is 42.3 Å². The van der Waals surface area contributed by atoms with Crippen LogP contribution in [0.5, 0.6) is 0 Å². The summed E-state index contributed by atoms with van der Waals surface area (Å²) in [6, 6.07) is 8.26. The van der Waals surface area contributed by atoms with Crippen molar-refractivity contribution < 1.29 is 0 Å². The topological polar surface area (TPSA) is 39.1 Å². The summed E-state index contributed by atoms with van der Waals surface area (Å²) >= 11 is 0. The molecule has 2 rings (SSSR count). The summed E-state index contributed by atoms with van der Waals surface area (Å²) in [5.74, 6) is 1.01. The third-order valence-electron chi connectivity index (χ3n) is 3.26. The van der Waals surface area contributed by atoms with Crippen LogP contribution in [0.25, 0.3) is 0 Å². The summed E-state index contributed by atoms with van der Waals surface area (Å²) in [5, 5.41) is 11.3. The quantitative estimate of drug-likeness (QED) is 0.478. The molecule has 100 valence electrons. The molecule has 1 aliphatic rings. The van der Waals surface area contributed by atoms with Gasteiger partial charge >= 0.3 is 0 Å². The molecule has 0 spiro atoms. The number of likely N-dealkylation sites (tertiary alicyclic amines) is 1. The van der Waals surface area contributed by atoms with Gasteiger partial charge in [0.2, 0.25) is 0 Å². The lowest BCUT2D eigenvalue weighted by molar-refractivity contribution is 0.514. The highest BCUT2D eigenvalue weighted by atomic mass is 127. The normalized spacial score (nSPS) is 14.5. The zero-order valence-corrected chi connectivity index (χ0v) is 13.4. The van der Waals surface area contributed by atoms with Gasteiger partial charge in [0.25, 0.3) is 0 Å². The van der Waals surface area contributed by atoms with Crippen molar-refractivity contribution in [2.24, 2.45) is 0 Å². The lowest BCUT2D eigenvalue weighted by Crippen LogP contribution is -2.33. The fraction of sp³-hybridized carbons (Fsp3) is 0.500. The molecule has 0 unspecified atom stereocenters. The first-order valence-electron chi connectivity index (χ1n) is 6.38. The van der Waals surface area contributed by atoms with Gasteiger partial charge < -0.3 is 10.2 Å². The zero-order valence-electron chi connectivity index (χ0n) is 11.1. The van der Waals surface area contributed by atoms with E-state index < -0.39 is 0 Å². The molecule has 1 aromatic carbocycles. The smallest absolute Gasteiger partial charge is 0.195 e. The van der Waals surface area contributed by atoms with Crippen LogP contribution in [0.1, 0.15) is 38.2 Å². The van der Waals surface area contributed by atoms with Crippen LogP contribution in [0.3, 0.4) is 0 Å². The van der Waals surface area contributed by atoms with Crippen molar-refractivity contribution in [3.63, 3.8) is 0 Å². The van der Waals surface area contributed by atoms with E-state index in [0.29, 0.717) is 11.9 Å². The Labute approximate surface area is 126 Å². The lowest BCUT2D eigenvalue weighted by Gasteiger charge is -2.21. The Morgan fingerprint density at radius 2 is 1.83 bits per heavy atom. The van der Waals surface area contributed by atoms with E-state index in [1.54, 1.807) is 0 Å². The Morgan fingerprint density at radius 3 is 2.44 bits per heavy atom. The highest BCUT2D eigenvalue weighted by Crippen LogP contribution is 2.24. The van der Waals surface area contributed by atoms with Gasteiger partial charge in [-0.15, -0.1) is 24.0 Å². The van der Waals surface area contributed by atoms with Crippen molar-refractivity contribution in [3.05, 3.63) is 29.8 Å². The Morgan fingerprint density at radius 1 is 1.22 bits per heavy atom. The third-order valence-corrected chi connectivity index (χ3v) is 3.26. The molecule has 0 radical (unpaired) electrons. The van der Waals surface area contributed by atoms with Crippen molar-refractivity contribution >= 4 is 35.6 Å². The van der Waals surface area contributed by atoms with Gasteiger partial charge in [0.15, 0.2) is 5.96 Å². The van der Waals surface area contributed by atoms with Gasteiger partial charge in [-0.1, -0.05) is 32.0 Å². The van der Waals surface area contributed by atoms with Gasteiger partial charge in [0, 0.05) is 18.8 Å². The number of halogens is 1. The Bertz CT molecular complexity index is 398. The molecule has 3 nitrogen and oxygen atoms in total. The van der Waals surface area contributed by atoms with E-state index in [0.717, 1.165) is 18.8 Å². The number of para-hydroxylation sites is 1. The second-order valence-corrected chi connectivity index (χ2v) is 4.91. The maximum atomic E-state index is 8.08. The van der Waals surface area contributed by atoms with E-state index in [-0.39, 0.29) is 24.0 Å². The maximum absolute atomic E-state index is 8.08. The van der Waals surface area contributed by atoms with E-state index in [9.17, 15) is 0 Å². The molecule has 2 N–H and O–H groups in total. The van der Waals surface area contributed by atoms with Crippen LogP contribution in [0, 0.1) is 5.41 Å². The molecule has 1 aromatic rings. The van der Waals surface area contributed by atoms with Crippen LogP contribution < -0.4 is 5.32 Å². The summed E-state index contributed by atoms with van der Waals surface area (Å²) in [4.78, 5) is 2.11.